The van der Waals surface area contributed by atoms with E-state index in [1.807, 2.05) is 35.6 Å². The molecular weight excluding hydrogens is 310 g/mol. The van der Waals surface area contributed by atoms with Gasteiger partial charge in [-0.05, 0) is 37.1 Å². The van der Waals surface area contributed by atoms with Crippen LogP contribution in [0.2, 0.25) is 0 Å². The molecule has 0 N–H and O–H groups in total. The van der Waals surface area contributed by atoms with Gasteiger partial charge in [-0.2, -0.15) is 11.3 Å². The number of aromatic nitrogens is 1. The maximum Gasteiger partial charge on any atom is 0.254 e. The van der Waals surface area contributed by atoms with Crippen molar-refractivity contribution in [2.45, 2.75) is 20.4 Å². The molecule has 0 bridgehead atoms. The van der Waals surface area contributed by atoms with E-state index in [-0.39, 0.29) is 5.91 Å². The van der Waals surface area contributed by atoms with E-state index in [9.17, 15) is 4.79 Å². The third-order valence-electron chi connectivity index (χ3n) is 5.18. The van der Waals surface area contributed by atoms with E-state index in [1.165, 1.54) is 5.56 Å². The van der Waals surface area contributed by atoms with Gasteiger partial charge in [0.25, 0.3) is 5.91 Å². The van der Waals surface area contributed by atoms with Gasteiger partial charge in [-0.25, -0.2) is 0 Å². The van der Waals surface area contributed by atoms with Crippen LogP contribution in [0.1, 0.15) is 27.4 Å². The molecule has 2 aliphatic rings. The van der Waals surface area contributed by atoms with Gasteiger partial charge >= 0.3 is 0 Å². The molecule has 0 spiro atoms. The molecule has 6 heteroatoms. The number of nitrogens with zero attached hydrogens (tertiary/aromatic N) is 3. The van der Waals surface area contributed by atoms with Gasteiger partial charge in [0.05, 0.1) is 11.3 Å². The second-order valence-electron chi connectivity index (χ2n) is 6.74. The van der Waals surface area contributed by atoms with Crippen molar-refractivity contribution < 1.29 is 9.32 Å². The van der Waals surface area contributed by atoms with Crippen LogP contribution in [-0.2, 0) is 6.54 Å². The lowest BCUT2D eigenvalue weighted by molar-refractivity contribution is 0.0774. The van der Waals surface area contributed by atoms with Crippen molar-refractivity contribution in [1.82, 2.24) is 15.0 Å². The van der Waals surface area contributed by atoms with E-state index in [4.69, 9.17) is 4.52 Å². The summed E-state index contributed by atoms with van der Waals surface area (Å²) in [6.45, 7) is 8.78. The molecule has 0 saturated carbocycles. The molecule has 122 valence electrons. The van der Waals surface area contributed by atoms with Crippen molar-refractivity contribution in [2.75, 3.05) is 26.2 Å². The zero-order chi connectivity index (χ0) is 16.0. The van der Waals surface area contributed by atoms with Crippen molar-refractivity contribution in [1.29, 1.82) is 0 Å². The molecular formula is C17H21N3O2S. The molecule has 0 aromatic carbocycles. The molecule has 0 aliphatic carbocycles. The summed E-state index contributed by atoms with van der Waals surface area (Å²) in [5, 5.41) is 7.95. The zero-order valence-corrected chi connectivity index (χ0v) is 14.3. The molecule has 0 radical (unpaired) electrons. The van der Waals surface area contributed by atoms with Gasteiger partial charge in [0, 0.05) is 43.7 Å². The van der Waals surface area contributed by atoms with Gasteiger partial charge in [-0.1, -0.05) is 5.16 Å². The van der Waals surface area contributed by atoms with Gasteiger partial charge in [-0.3, -0.25) is 9.69 Å². The fraction of sp³-hybridized carbons (Fsp3) is 0.529. The van der Waals surface area contributed by atoms with Crippen LogP contribution in [0.25, 0.3) is 0 Å². The number of likely N-dealkylation sites (tertiary alicyclic amines) is 2. The maximum absolute atomic E-state index is 12.5. The molecule has 2 saturated heterocycles. The molecule has 0 unspecified atom stereocenters. The van der Waals surface area contributed by atoms with Gasteiger partial charge in [0.15, 0.2) is 0 Å². The Bertz CT molecular complexity index is 676. The second-order valence-corrected chi connectivity index (χ2v) is 7.52. The summed E-state index contributed by atoms with van der Waals surface area (Å²) in [5.74, 6) is 2.31. The fourth-order valence-electron chi connectivity index (χ4n) is 3.91. The van der Waals surface area contributed by atoms with Crippen LogP contribution in [0.5, 0.6) is 0 Å². The summed E-state index contributed by atoms with van der Waals surface area (Å²) >= 11 is 1.58. The Morgan fingerprint density at radius 3 is 2.61 bits per heavy atom. The van der Waals surface area contributed by atoms with Crippen LogP contribution >= 0.6 is 11.3 Å². The molecule has 2 aliphatic heterocycles. The number of thiophene rings is 1. The smallest absolute Gasteiger partial charge is 0.254 e. The standard InChI is InChI=1S/C17H21N3O2S/c1-11-16(12(2)22-18-11)9-19-5-14-7-20(8-15(14)6-19)17(21)13-3-4-23-10-13/h3-4,10,14-15H,5-9H2,1-2H3/t14-,15+. The third-order valence-corrected chi connectivity index (χ3v) is 5.86. The fourth-order valence-corrected chi connectivity index (χ4v) is 4.53. The van der Waals surface area contributed by atoms with Crippen LogP contribution in [0.3, 0.4) is 0 Å². The number of fused-ring (bicyclic) bond motifs is 1. The molecule has 4 heterocycles. The van der Waals surface area contributed by atoms with Crippen molar-refractivity contribution >= 4 is 17.2 Å². The highest BCUT2D eigenvalue weighted by molar-refractivity contribution is 7.08. The molecule has 5 nitrogen and oxygen atoms in total. The Labute approximate surface area is 139 Å². The topological polar surface area (TPSA) is 49.6 Å². The first-order valence-electron chi connectivity index (χ1n) is 8.07. The van der Waals surface area contributed by atoms with E-state index >= 15 is 0 Å². The number of amides is 1. The summed E-state index contributed by atoms with van der Waals surface area (Å²) < 4.78 is 5.26. The Hall–Kier alpha value is -1.66. The molecule has 2 aromatic rings. The lowest BCUT2D eigenvalue weighted by Crippen LogP contribution is -2.33. The van der Waals surface area contributed by atoms with Crippen molar-refractivity contribution in [2.24, 2.45) is 11.8 Å². The Balaban J connectivity index is 1.38. The maximum atomic E-state index is 12.5. The quantitative estimate of drug-likeness (QED) is 0.867. The monoisotopic (exact) mass is 331 g/mol. The summed E-state index contributed by atoms with van der Waals surface area (Å²) in [6, 6.07) is 1.92. The van der Waals surface area contributed by atoms with Crippen LogP contribution in [-0.4, -0.2) is 47.0 Å². The first-order valence-corrected chi connectivity index (χ1v) is 9.01. The minimum atomic E-state index is 0.193. The molecule has 2 atom stereocenters. The Morgan fingerprint density at radius 2 is 2.04 bits per heavy atom. The minimum absolute atomic E-state index is 0.193. The average Bonchev–Trinajstić information content (AvgIpc) is 3.27. The van der Waals surface area contributed by atoms with Crippen LogP contribution in [0.4, 0.5) is 0 Å². The number of aryl methyl sites for hydroxylation is 2. The molecule has 2 aromatic heterocycles. The predicted molar refractivity (Wildman–Crippen MR) is 88.5 cm³/mol. The summed E-state index contributed by atoms with van der Waals surface area (Å²) in [7, 11) is 0. The number of rotatable bonds is 3. The van der Waals surface area contributed by atoms with Gasteiger partial charge in [0.2, 0.25) is 0 Å². The first kappa shape index (κ1) is 14.9. The van der Waals surface area contributed by atoms with Crippen molar-refractivity contribution in [3.05, 3.63) is 39.4 Å². The summed E-state index contributed by atoms with van der Waals surface area (Å²) in [6.07, 6.45) is 0. The van der Waals surface area contributed by atoms with E-state index in [0.29, 0.717) is 11.8 Å². The van der Waals surface area contributed by atoms with Crippen LogP contribution in [0.15, 0.2) is 21.3 Å². The summed E-state index contributed by atoms with van der Waals surface area (Å²) in [4.78, 5) is 17.0. The lowest BCUT2D eigenvalue weighted by Gasteiger charge is -2.21. The Morgan fingerprint density at radius 1 is 1.30 bits per heavy atom. The summed E-state index contributed by atoms with van der Waals surface area (Å²) in [5.41, 5.74) is 3.05. The normalized spacial score (nSPS) is 24.3. The number of carbonyl (C=O) groups is 1. The zero-order valence-electron chi connectivity index (χ0n) is 13.5. The van der Waals surface area contributed by atoms with Gasteiger partial charge < -0.3 is 9.42 Å². The van der Waals surface area contributed by atoms with Crippen LogP contribution in [0, 0.1) is 25.7 Å². The SMILES string of the molecule is Cc1noc(C)c1CN1C[C@@H]2CN(C(=O)c3ccsc3)C[C@@H]2C1. The predicted octanol–water partition coefficient (Wildman–Crippen LogP) is 2.56. The van der Waals surface area contributed by atoms with E-state index in [0.717, 1.165) is 49.7 Å². The van der Waals surface area contributed by atoms with Crippen molar-refractivity contribution in [3.63, 3.8) is 0 Å². The number of carbonyl (C=O) groups excluding carboxylic acids is 1. The number of hydrogen-bond acceptors (Lipinski definition) is 5. The second kappa shape index (κ2) is 5.76. The van der Waals surface area contributed by atoms with E-state index in [1.54, 1.807) is 11.3 Å². The highest BCUT2D eigenvalue weighted by Crippen LogP contribution is 2.33. The number of hydrogen-bond donors (Lipinski definition) is 0. The van der Waals surface area contributed by atoms with Gasteiger partial charge in [-0.15, -0.1) is 0 Å². The van der Waals surface area contributed by atoms with Gasteiger partial charge in [0.1, 0.15) is 5.76 Å². The van der Waals surface area contributed by atoms with Crippen LogP contribution < -0.4 is 0 Å². The average molecular weight is 331 g/mol. The highest BCUT2D eigenvalue weighted by atomic mass is 32.1. The highest BCUT2D eigenvalue weighted by Gasteiger charge is 2.41. The van der Waals surface area contributed by atoms with Crippen molar-refractivity contribution in [3.8, 4) is 0 Å². The molecule has 2 fully saturated rings. The minimum Gasteiger partial charge on any atom is -0.361 e. The van der Waals surface area contributed by atoms with E-state index < -0.39 is 0 Å². The molecule has 23 heavy (non-hydrogen) atoms. The Kier molecular flexibility index (Phi) is 3.73. The van der Waals surface area contributed by atoms with E-state index in [2.05, 4.69) is 10.1 Å². The lowest BCUT2D eigenvalue weighted by atomic mass is 10.0. The largest absolute Gasteiger partial charge is 0.361 e. The third kappa shape index (κ3) is 2.70. The first-order chi connectivity index (χ1) is 11.1. The molecule has 4 rings (SSSR count). The molecule has 1 amide bonds.